The average Bonchev–Trinajstić information content (AvgIpc) is 2.83. The third kappa shape index (κ3) is 3.23. The number of carbonyl (C=O) groups is 1. The highest BCUT2D eigenvalue weighted by Gasteiger charge is 2.10. The molecule has 0 fully saturated rings. The van der Waals surface area contributed by atoms with Crippen molar-refractivity contribution in [3.63, 3.8) is 0 Å². The summed E-state index contributed by atoms with van der Waals surface area (Å²) < 4.78 is 4.68. The number of ether oxygens (including phenoxy) is 1. The molecule has 5 nitrogen and oxygen atoms in total. The first-order valence-electron chi connectivity index (χ1n) is 5.73. The number of nitrogens with one attached hydrogen (secondary N) is 1. The topological polar surface area (TPSA) is 77.2 Å². The number of aryl methyl sites for hydroxylation is 1. The van der Waals surface area contributed by atoms with E-state index in [9.17, 15) is 4.79 Å². The Kier molecular flexibility index (Phi) is 4.01. The van der Waals surface area contributed by atoms with Crippen LogP contribution in [0.3, 0.4) is 0 Å². The molecule has 3 N–H and O–H groups in total. The molecule has 0 saturated carbocycles. The average molecular weight is 277 g/mol. The fourth-order valence-electron chi connectivity index (χ4n) is 1.61. The van der Waals surface area contributed by atoms with Gasteiger partial charge in [-0.3, -0.25) is 0 Å². The lowest BCUT2D eigenvalue weighted by atomic mass is 10.1. The van der Waals surface area contributed by atoms with Crippen molar-refractivity contribution in [2.75, 3.05) is 18.2 Å². The first-order chi connectivity index (χ1) is 9.10. The maximum atomic E-state index is 11.5. The normalized spacial score (nSPS) is 10.2. The van der Waals surface area contributed by atoms with Gasteiger partial charge in [0, 0.05) is 22.4 Å². The van der Waals surface area contributed by atoms with Crippen LogP contribution in [0.15, 0.2) is 24.4 Å². The Morgan fingerprint density at radius 1 is 1.53 bits per heavy atom. The molecule has 0 amide bonds. The number of benzene rings is 1. The van der Waals surface area contributed by atoms with E-state index in [-0.39, 0.29) is 0 Å². The van der Waals surface area contributed by atoms with Crippen LogP contribution in [0.1, 0.15) is 20.2 Å². The van der Waals surface area contributed by atoms with Crippen LogP contribution >= 0.6 is 11.3 Å². The van der Waals surface area contributed by atoms with Crippen LogP contribution in [0.5, 0.6) is 0 Å². The summed E-state index contributed by atoms with van der Waals surface area (Å²) in [5.74, 6) is -0.439. The summed E-state index contributed by atoms with van der Waals surface area (Å²) in [5.41, 5.74) is 7.31. The van der Waals surface area contributed by atoms with Gasteiger partial charge in [0.05, 0.1) is 19.2 Å². The third-order valence-corrected chi connectivity index (χ3v) is 3.48. The fourth-order valence-corrected chi connectivity index (χ4v) is 2.34. The Morgan fingerprint density at radius 2 is 2.32 bits per heavy atom. The van der Waals surface area contributed by atoms with Crippen LogP contribution in [-0.4, -0.2) is 18.1 Å². The molecule has 0 unspecified atom stereocenters. The van der Waals surface area contributed by atoms with Gasteiger partial charge in [0.15, 0.2) is 0 Å². The molecule has 0 saturated heterocycles. The zero-order valence-electron chi connectivity index (χ0n) is 10.8. The predicted molar refractivity (Wildman–Crippen MR) is 76.4 cm³/mol. The number of esters is 1. The highest BCUT2D eigenvalue weighted by molar-refractivity contribution is 7.11. The summed E-state index contributed by atoms with van der Waals surface area (Å²) in [6, 6.07) is 5.19. The van der Waals surface area contributed by atoms with Gasteiger partial charge in [0.1, 0.15) is 5.01 Å². The summed E-state index contributed by atoms with van der Waals surface area (Å²) >= 11 is 1.64. The third-order valence-electron chi connectivity index (χ3n) is 2.57. The van der Waals surface area contributed by atoms with Crippen molar-refractivity contribution >= 4 is 28.7 Å². The van der Waals surface area contributed by atoms with Crippen LogP contribution in [0.25, 0.3) is 0 Å². The van der Waals surface area contributed by atoms with Crippen LogP contribution in [0.2, 0.25) is 0 Å². The van der Waals surface area contributed by atoms with Gasteiger partial charge >= 0.3 is 5.97 Å². The van der Waals surface area contributed by atoms with Gasteiger partial charge in [-0.2, -0.15) is 0 Å². The predicted octanol–water partition coefficient (Wildman–Crippen LogP) is 2.43. The van der Waals surface area contributed by atoms with Gasteiger partial charge in [0.2, 0.25) is 0 Å². The van der Waals surface area contributed by atoms with E-state index in [1.807, 2.05) is 19.2 Å². The van der Waals surface area contributed by atoms with Crippen LogP contribution in [0.4, 0.5) is 11.4 Å². The molecule has 0 radical (unpaired) electrons. The number of carbonyl (C=O) groups excluding carboxylic acids is 1. The van der Waals surface area contributed by atoms with Crippen LogP contribution < -0.4 is 11.1 Å². The minimum atomic E-state index is -0.439. The number of anilines is 2. The van der Waals surface area contributed by atoms with Crippen LogP contribution in [-0.2, 0) is 11.3 Å². The smallest absolute Gasteiger partial charge is 0.340 e. The molecule has 1 aromatic heterocycles. The zero-order chi connectivity index (χ0) is 13.8. The second-order valence-corrected chi connectivity index (χ2v) is 5.33. The Hall–Kier alpha value is -2.08. The molecule has 1 heterocycles. The summed E-state index contributed by atoms with van der Waals surface area (Å²) in [7, 11) is 1.33. The second-order valence-electron chi connectivity index (χ2n) is 4.01. The van der Waals surface area contributed by atoms with E-state index in [0.29, 0.717) is 17.8 Å². The van der Waals surface area contributed by atoms with E-state index in [0.717, 1.165) is 10.7 Å². The molecule has 0 aliphatic carbocycles. The molecule has 2 aromatic rings. The minimum absolute atomic E-state index is 0.364. The van der Waals surface area contributed by atoms with E-state index in [2.05, 4.69) is 15.0 Å². The second kappa shape index (κ2) is 5.71. The number of rotatable bonds is 4. The molecule has 100 valence electrons. The van der Waals surface area contributed by atoms with Crippen molar-refractivity contribution in [1.82, 2.24) is 4.98 Å². The number of thiazole rings is 1. The Morgan fingerprint density at radius 3 is 2.95 bits per heavy atom. The molecule has 0 bridgehead atoms. The van der Waals surface area contributed by atoms with Crippen molar-refractivity contribution in [2.24, 2.45) is 0 Å². The molecule has 19 heavy (non-hydrogen) atoms. The zero-order valence-corrected chi connectivity index (χ0v) is 11.6. The monoisotopic (exact) mass is 277 g/mol. The maximum absolute atomic E-state index is 11.5. The van der Waals surface area contributed by atoms with E-state index in [1.54, 1.807) is 23.5 Å². The molecule has 0 atom stereocenters. The largest absolute Gasteiger partial charge is 0.465 e. The number of nitrogens with two attached hydrogens (primary N) is 1. The number of hydrogen-bond donors (Lipinski definition) is 2. The lowest BCUT2D eigenvalue weighted by Gasteiger charge is -2.08. The van der Waals surface area contributed by atoms with Gasteiger partial charge in [-0.15, -0.1) is 11.3 Å². The summed E-state index contributed by atoms with van der Waals surface area (Å²) in [6.45, 7) is 2.63. The summed E-state index contributed by atoms with van der Waals surface area (Å²) in [4.78, 5) is 17.0. The number of nitrogens with zero attached hydrogens (tertiary/aromatic N) is 1. The molecule has 6 heteroatoms. The van der Waals surface area contributed by atoms with Crippen LogP contribution in [0, 0.1) is 6.92 Å². The number of aromatic nitrogens is 1. The van der Waals surface area contributed by atoms with Crippen molar-refractivity contribution in [2.45, 2.75) is 13.5 Å². The highest BCUT2D eigenvalue weighted by atomic mass is 32.1. The summed E-state index contributed by atoms with van der Waals surface area (Å²) in [6.07, 6.45) is 1.84. The number of nitrogen functional groups attached to an aromatic ring is 1. The number of hydrogen-bond acceptors (Lipinski definition) is 6. The van der Waals surface area contributed by atoms with Crippen molar-refractivity contribution in [3.05, 3.63) is 39.8 Å². The Labute approximate surface area is 115 Å². The van der Waals surface area contributed by atoms with Gasteiger partial charge in [-0.05, 0) is 25.1 Å². The first-order valence-corrected chi connectivity index (χ1v) is 6.55. The fraction of sp³-hybridized carbons (Fsp3) is 0.231. The van der Waals surface area contributed by atoms with Crippen molar-refractivity contribution < 1.29 is 9.53 Å². The molecular formula is C13H15N3O2S. The highest BCUT2D eigenvalue weighted by Crippen LogP contribution is 2.20. The van der Waals surface area contributed by atoms with Gasteiger partial charge in [-0.1, -0.05) is 0 Å². The van der Waals surface area contributed by atoms with Crippen molar-refractivity contribution in [3.8, 4) is 0 Å². The van der Waals surface area contributed by atoms with Crippen molar-refractivity contribution in [1.29, 1.82) is 0 Å². The van der Waals surface area contributed by atoms with E-state index in [4.69, 9.17) is 5.73 Å². The quantitative estimate of drug-likeness (QED) is 0.663. The maximum Gasteiger partial charge on any atom is 0.340 e. The van der Waals surface area contributed by atoms with Gasteiger partial charge in [0.25, 0.3) is 0 Å². The molecule has 0 aliphatic rings. The van der Waals surface area contributed by atoms with Gasteiger partial charge in [-0.25, -0.2) is 9.78 Å². The van der Waals surface area contributed by atoms with E-state index in [1.165, 1.54) is 12.0 Å². The number of methoxy groups -OCH3 is 1. The Bertz CT molecular complexity index is 595. The lowest BCUT2D eigenvalue weighted by molar-refractivity contribution is 0.0602. The SMILES string of the molecule is COC(=O)c1cc(NCc2ncc(C)s2)ccc1N. The molecular weight excluding hydrogens is 262 g/mol. The molecule has 0 spiro atoms. The summed E-state index contributed by atoms with van der Waals surface area (Å²) in [5, 5.41) is 4.20. The molecule has 0 aliphatic heterocycles. The lowest BCUT2D eigenvalue weighted by Crippen LogP contribution is -2.07. The molecule has 2 rings (SSSR count). The minimum Gasteiger partial charge on any atom is -0.465 e. The van der Waals surface area contributed by atoms with Gasteiger partial charge < -0.3 is 15.8 Å². The van der Waals surface area contributed by atoms with E-state index >= 15 is 0 Å². The Balaban J connectivity index is 2.10. The molecule has 1 aromatic carbocycles. The first kappa shape index (κ1) is 13.4. The van der Waals surface area contributed by atoms with E-state index < -0.39 is 5.97 Å². The standard InChI is InChI=1S/C13H15N3O2S/c1-8-6-16-12(19-8)7-15-9-3-4-11(14)10(5-9)13(17)18-2/h3-6,15H,7,14H2,1-2H3.